The predicted molar refractivity (Wildman–Crippen MR) is 122 cm³/mol. The van der Waals surface area contributed by atoms with Crippen LogP contribution in [0, 0.1) is 0 Å². The van der Waals surface area contributed by atoms with E-state index in [4.69, 9.17) is 32.4 Å². The number of rotatable bonds is 4. The fourth-order valence-corrected chi connectivity index (χ4v) is 4.25. The van der Waals surface area contributed by atoms with Crippen LogP contribution in [0.1, 0.15) is 5.76 Å². The second-order valence-corrected chi connectivity index (χ2v) is 8.43. The highest BCUT2D eigenvalue weighted by Crippen LogP contribution is 2.29. The number of halogens is 2. The summed E-state index contributed by atoms with van der Waals surface area (Å²) in [6, 6.07) is 16.2. The molecule has 0 saturated carbocycles. The molecule has 0 aliphatic carbocycles. The zero-order valence-corrected chi connectivity index (χ0v) is 18.3. The standard InChI is InChI=1S/C22H13Cl2N3O3S/c1-29-14-5-2-12(3-6-14)20-25-22-27(26-20)21(28)19(31-22)11-15-7-9-18(30-15)13-4-8-16(23)17(24)10-13/h2-11H,1H3/b19-11-. The van der Waals surface area contributed by atoms with Crippen molar-refractivity contribution in [3.05, 3.63) is 85.3 Å². The van der Waals surface area contributed by atoms with E-state index < -0.39 is 0 Å². The number of nitrogens with zero attached hydrogens (tertiary/aromatic N) is 3. The highest BCUT2D eigenvalue weighted by atomic mass is 35.5. The Labute approximate surface area is 189 Å². The number of hydrogen-bond donors (Lipinski definition) is 0. The van der Waals surface area contributed by atoms with E-state index in [-0.39, 0.29) is 5.56 Å². The number of aromatic nitrogens is 3. The lowest BCUT2D eigenvalue weighted by atomic mass is 10.2. The Morgan fingerprint density at radius 2 is 1.81 bits per heavy atom. The van der Waals surface area contributed by atoms with Crippen molar-refractivity contribution in [1.29, 1.82) is 0 Å². The van der Waals surface area contributed by atoms with Gasteiger partial charge in [-0.15, -0.1) is 5.10 Å². The molecule has 3 aromatic heterocycles. The second-order valence-electron chi connectivity index (χ2n) is 6.60. The minimum absolute atomic E-state index is 0.250. The van der Waals surface area contributed by atoms with Crippen molar-refractivity contribution in [2.24, 2.45) is 0 Å². The number of ether oxygens (including phenoxy) is 1. The Kier molecular flexibility index (Phi) is 5.02. The van der Waals surface area contributed by atoms with Crippen LogP contribution < -0.4 is 14.8 Å². The highest BCUT2D eigenvalue weighted by molar-refractivity contribution is 7.15. The monoisotopic (exact) mass is 469 g/mol. The van der Waals surface area contributed by atoms with Crippen molar-refractivity contribution in [2.45, 2.75) is 0 Å². The molecule has 0 amide bonds. The van der Waals surface area contributed by atoms with Crippen molar-refractivity contribution in [2.75, 3.05) is 7.11 Å². The van der Waals surface area contributed by atoms with E-state index in [1.807, 2.05) is 36.4 Å². The van der Waals surface area contributed by atoms with Gasteiger partial charge in [0.2, 0.25) is 4.96 Å². The van der Waals surface area contributed by atoms with Crippen molar-refractivity contribution in [3.8, 4) is 28.5 Å². The number of thiazole rings is 1. The maximum Gasteiger partial charge on any atom is 0.291 e. The van der Waals surface area contributed by atoms with Gasteiger partial charge in [-0.05, 0) is 54.6 Å². The quantitative estimate of drug-likeness (QED) is 0.372. The smallest absolute Gasteiger partial charge is 0.291 e. The molecular formula is C22H13Cl2N3O3S. The summed E-state index contributed by atoms with van der Waals surface area (Å²) in [7, 11) is 1.61. The SMILES string of the molecule is COc1ccc(-c2nc3s/c(=C\c4ccc(-c5ccc(Cl)c(Cl)c5)o4)c(=O)n3n2)cc1. The van der Waals surface area contributed by atoms with Crippen LogP contribution >= 0.6 is 34.5 Å². The van der Waals surface area contributed by atoms with Gasteiger partial charge < -0.3 is 9.15 Å². The third-order valence-electron chi connectivity index (χ3n) is 4.63. The molecule has 0 atom stereocenters. The lowest BCUT2D eigenvalue weighted by Gasteiger charge is -1.99. The Hall–Kier alpha value is -3.13. The summed E-state index contributed by atoms with van der Waals surface area (Å²) in [5, 5.41) is 5.28. The van der Waals surface area contributed by atoms with E-state index in [0.717, 1.165) is 16.9 Å². The van der Waals surface area contributed by atoms with Crippen LogP contribution in [0.4, 0.5) is 0 Å². The van der Waals surface area contributed by atoms with Crippen LogP contribution in [-0.2, 0) is 0 Å². The lowest BCUT2D eigenvalue weighted by Crippen LogP contribution is -2.23. The third-order valence-corrected chi connectivity index (χ3v) is 6.33. The van der Waals surface area contributed by atoms with E-state index in [1.165, 1.54) is 15.9 Å². The van der Waals surface area contributed by atoms with Gasteiger partial charge in [0, 0.05) is 17.2 Å². The summed E-state index contributed by atoms with van der Waals surface area (Å²) in [5.74, 6) is 2.39. The topological polar surface area (TPSA) is 69.6 Å². The largest absolute Gasteiger partial charge is 0.497 e. The van der Waals surface area contributed by atoms with E-state index in [0.29, 0.717) is 36.9 Å². The average molecular weight is 470 g/mol. The van der Waals surface area contributed by atoms with Gasteiger partial charge in [0.05, 0.1) is 17.2 Å². The zero-order valence-electron chi connectivity index (χ0n) is 16.0. The Balaban J connectivity index is 1.48. The van der Waals surface area contributed by atoms with Crippen molar-refractivity contribution < 1.29 is 9.15 Å². The first-order chi connectivity index (χ1) is 15.0. The number of furan rings is 1. The molecule has 9 heteroatoms. The van der Waals surface area contributed by atoms with Crippen LogP contribution in [0.2, 0.25) is 10.0 Å². The molecule has 5 aromatic rings. The summed E-state index contributed by atoms with van der Waals surface area (Å²) in [5.41, 5.74) is 1.35. The molecule has 2 aromatic carbocycles. The van der Waals surface area contributed by atoms with Gasteiger partial charge in [-0.25, -0.2) is 0 Å². The maximum atomic E-state index is 12.8. The van der Waals surface area contributed by atoms with Crippen LogP contribution in [0.3, 0.4) is 0 Å². The molecule has 0 aliphatic heterocycles. The predicted octanol–water partition coefficient (Wildman–Crippen LogP) is 4.94. The average Bonchev–Trinajstić information content (AvgIpc) is 3.48. The number of methoxy groups -OCH3 is 1. The summed E-state index contributed by atoms with van der Waals surface area (Å²) < 4.78 is 12.8. The molecule has 0 bridgehead atoms. The number of fused-ring (bicyclic) bond motifs is 1. The minimum atomic E-state index is -0.250. The van der Waals surface area contributed by atoms with Gasteiger partial charge in [0.25, 0.3) is 5.56 Å². The molecule has 0 fully saturated rings. The van der Waals surface area contributed by atoms with E-state index in [2.05, 4.69) is 10.1 Å². The van der Waals surface area contributed by atoms with Crippen molar-refractivity contribution >= 4 is 45.6 Å². The zero-order chi connectivity index (χ0) is 21.5. The molecule has 0 aliphatic rings. The van der Waals surface area contributed by atoms with Crippen LogP contribution in [-0.4, -0.2) is 21.7 Å². The van der Waals surface area contributed by atoms with Crippen molar-refractivity contribution in [1.82, 2.24) is 14.6 Å². The fourth-order valence-electron chi connectivity index (χ4n) is 3.06. The van der Waals surface area contributed by atoms with Gasteiger partial charge in [0.1, 0.15) is 21.8 Å². The first-order valence-corrected chi connectivity index (χ1v) is 10.7. The number of hydrogen-bond acceptors (Lipinski definition) is 6. The van der Waals surface area contributed by atoms with Gasteiger partial charge in [-0.1, -0.05) is 34.5 Å². The highest BCUT2D eigenvalue weighted by Gasteiger charge is 2.13. The molecule has 6 nitrogen and oxygen atoms in total. The first kappa shape index (κ1) is 19.8. The summed E-state index contributed by atoms with van der Waals surface area (Å²) in [6.07, 6.45) is 1.68. The fraction of sp³-hybridized carbons (Fsp3) is 0.0455. The van der Waals surface area contributed by atoms with E-state index in [1.54, 1.807) is 31.4 Å². The second kappa shape index (κ2) is 7.85. The van der Waals surface area contributed by atoms with Gasteiger partial charge in [0.15, 0.2) is 5.82 Å². The van der Waals surface area contributed by atoms with Gasteiger partial charge in [-0.3, -0.25) is 4.79 Å². The molecule has 0 unspecified atom stereocenters. The van der Waals surface area contributed by atoms with Gasteiger partial charge in [-0.2, -0.15) is 9.50 Å². The van der Waals surface area contributed by atoms with Crippen LogP contribution in [0.25, 0.3) is 33.7 Å². The summed E-state index contributed by atoms with van der Waals surface area (Å²) >= 11 is 13.3. The molecule has 0 radical (unpaired) electrons. The Morgan fingerprint density at radius 1 is 1.03 bits per heavy atom. The minimum Gasteiger partial charge on any atom is -0.497 e. The van der Waals surface area contributed by atoms with Crippen molar-refractivity contribution in [3.63, 3.8) is 0 Å². The third kappa shape index (κ3) is 3.72. The Bertz CT molecular complexity index is 1520. The first-order valence-electron chi connectivity index (χ1n) is 9.13. The maximum absolute atomic E-state index is 12.8. The molecule has 0 saturated heterocycles. The molecule has 154 valence electrons. The Morgan fingerprint density at radius 3 is 2.52 bits per heavy atom. The van der Waals surface area contributed by atoms with Crippen LogP contribution in [0.15, 0.2) is 63.8 Å². The molecule has 31 heavy (non-hydrogen) atoms. The summed E-state index contributed by atoms with van der Waals surface area (Å²) in [4.78, 5) is 17.8. The molecule has 0 N–H and O–H groups in total. The number of benzene rings is 2. The van der Waals surface area contributed by atoms with Crippen LogP contribution in [0.5, 0.6) is 5.75 Å². The molecular weight excluding hydrogens is 457 g/mol. The van der Waals surface area contributed by atoms with Gasteiger partial charge >= 0.3 is 0 Å². The molecule has 5 rings (SSSR count). The van der Waals surface area contributed by atoms with E-state index in [9.17, 15) is 4.79 Å². The van der Waals surface area contributed by atoms with E-state index >= 15 is 0 Å². The lowest BCUT2D eigenvalue weighted by molar-refractivity contribution is 0.415. The molecule has 0 spiro atoms. The summed E-state index contributed by atoms with van der Waals surface area (Å²) in [6.45, 7) is 0. The normalized spacial score (nSPS) is 12.0. The molecule has 3 heterocycles.